The molecule has 0 unspecified atom stereocenters. The molecule has 0 aliphatic heterocycles. The van der Waals surface area contributed by atoms with Gasteiger partial charge in [0, 0.05) is 6.42 Å². The molecule has 0 fully saturated rings. The molecule has 13 heteroatoms. The van der Waals surface area contributed by atoms with Gasteiger partial charge >= 0.3 is 30.1 Å². The second-order valence-electron chi connectivity index (χ2n) is 4.08. The summed E-state index contributed by atoms with van der Waals surface area (Å²) in [6, 6.07) is 0. The number of aliphatic hydroxyl groups is 1. The van der Waals surface area contributed by atoms with Crippen LogP contribution in [-0.2, 0) is 0 Å². The van der Waals surface area contributed by atoms with Gasteiger partial charge < -0.3 is 5.11 Å². The lowest BCUT2D eigenvalue weighted by molar-refractivity contribution is -0.442. The van der Waals surface area contributed by atoms with Gasteiger partial charge in [-0.25, -0.2) is 4.39 Å². The van der Waals surface area contributed by atoms with E-state index in [4.69, 9.17) is 5.11 Å². The van der Waals surface area contributed by atoms with Crippen molar-refractivity contribution in [2.75, 3.05) is 0 Å². The predicted molar refractivity (Wildman–Crippen MR) is 46.7 cm³/mol. The Kier molecular flexibility index (Phi) is 4.93. The van der Waals surface area contributed by atoms with Gasteiger partial charge in [-0.15, -0.1) is 6.58 Å². The summed E-state index contributed by atoms with van der Waals surface area (Å²) >= 11 is 0. The van der Waals surface area contributed by atoms with Gasteiger partial charge in [0.05, 0.1) is 0 Å². The van der Waals surface area contributed by atoms with Gasteiger partial charge in [0.1, 0.15) is 0 Å². The third-order valence-corrected chi connectivity index (χ3v) is 2.67. The number of hydrogen-bond acceptors (Lipinski definition) is 1. The molecule has 0 heterocycles. The van der Waals surface area contributed by atoms with Crippen molar-refractivity contribution < 1.29 is 57.8 Å². The third kappa shape index (κ3) is 2.63. The van der Waals surface area contributed by atoms with Crippen molar-refractivity contribution in [3.8, 4) is 0 Å². The van der Waals surface area contributed by atoms with Crippen molar-refractivity contribution in [3.05, 3.63) is 12.7 Å². The van der Waals surface area contributed by atoms with Crippen LogP contribution in [0.3, 0.4) is 0 Å². The summed E-state index contributed by atoms with van der Waals surface area (Å²) in [5, 5.41) is 8.91. The van der Waals surface area contributed by atoms with Crippen LogP contribution in [0.5, 0.6) is 0 Å². The van der Waals surface area contributed by atoms with Gasteiger partial charge in [-0.2, -0.15) is 48.3 Å². The third-order valence-electron chi connectivity index (χ3n) is 2.67. The van der Waals surface area contributed by atoms with Crippen LogP contribution >= 0.6 is 0 Å². The Hall–Kier alpha value is -1.14. The molecule has 0 spiro atoms. The Morgan fingerprint density at radius 3 is 1.18 bits per heavy atom. The summed E-state index contributed by atoms with van der Waals surface area (Å²) in [5.74, 6) is -7.09. The highest BCUT2D eigenvalue weighted by atomic mass is 19.4. The molecule has 1 atom stereocenters. The first-order chi connectivity index (χ1) is 9.31. The minimum Gasteiger partial charge on any atom is -0.379 e. The van der Waals surface area contributed by atoms with Crippen molar-refractivity contribution in [1.29, 1.82) is 0 Å². The smallest absolute Gasteiger partial charge is 0.379 e. The van der Waals surface area contributed by atoms with Crippen molar-refractivity contribution in [3.63, 3.8) is 0 Å². The highest BCUT2D eigenvalue weighted by Crippen LogP contribution is 2.60. The van der Waals surface area contributed by atoms with E-state index in [0.29, 0.717) is 0 Å². The quantitative estimate of drug-likeness (QED) is 0.586. The Bertz CT molecular complexity index is 402. The molecule has 0 bridgehead atoms. The molecule has 0 aromatic carbocycles. The largest absolute Gasteiger partial charge is 0.456 e. The van der Waals surface area contributed by atoms with Crippen molar-refractivity contribution >= 4 is 0 Å². The molecular weight excluding hydrogens is 352 g/mol. The van der Waals surface area contributed by atoms with E-state index in [0.717, 1.165) is 0 Å². The lowest BCUT2D eigenvalue weighted by atomic mass is 9.75. The molecule has 0 aromatic heterocycles. The van der Waals surface area contributed by atoms with E-state index in [2.05, 4.69) is 6.58 Å². The minimum absolute atomic E-state index is 0.328. The van der Waals surface area contributed by atoms with Crippen molar-refractivity contribution in [2.45, 2.75) is 42.1 Å². The van der Waals surface area contributed by atoms with Crippen LogP contribution in [0.2, 0.25) is 0 Å². The lowest BCUT2D eigenvalue weighted by Crippen LogP contribution is -2.76. The zero-order valence-electron chi connectivity index (χ0n) is 9.97. The zero-order valence-corrected chi connectivity index (χ0v) is 9.97. The van der Waals surface area contributed by atoms with Crippen LogP contribution in [0.25, 0.3) is 0 Å². The van der Waals surface area contributed by atoms with Crippen molar-refractivity contribution in [2.24, 2.45) is 0 Å². The summed E-state index contributed by atoms with van der Waals surface area (Å²) in [4.78, 5) is 0. The van der Waals surface area contributed by atoms with Gasteiger partial charge in [-0.3, -0.25) is 0 Å². The summed E-state index contributed by atoms with van der Waals surface area (Å²) < 4.78 is 150. The molecule has 0 amide bonds. The monoisotopic (exact) mass is 358 g/mol. The molecule has 0 aliphatic rings. The molecule has 0 radical (unpaired) electrons. The van der Waals surface area contributed by atoms with Crippen LogP contribution in [0, 0.1) is 0 Å². The number of rotatable bonds is 4. The van der Waals surface area contributed by atoms with E-state index in [1.165, 1.54) is 0 Å². The molecular formula is C9H6F12O. The van der Waals surface area contributed by atoms with Crippen LogP contribution in [0.4, 0.5) is 52.7 Å². The highest BCUT2D eigenvalue weighted by molar-refractivity contribution is 5.19. The summed E-state index contributed by atoms with van der Waals surface area (Å²) in [7, 11) is 0. The minimum atomic E-state index is -7.32. The van der Waals surface area contributed by atoms with E-state index < -0.39 is 42.1 Å². The first-order valence-electron chi connectivity index (χ1n) is 4.91. The predicted octanol–water partition coefficient (Wildman–Crippen LogP) is 4.32. The van der Waals surface area contributed by atoms with Gasteiger partial charge in [0.2, 0.25) is 0 Å². The maximum atomic E-state index is 13.5. The van der Waals surface area contributed by atoms with Crippen LogP contribution in [0.1, 0.15) is 6.42 Å². The molecule has 0 rings (SSSR count). The van der Waals surface area contributed by atoms with Crippen molar-refractivity contribution in [1.82, 2.24) is 0 Å². The summed E-state index contributed by atoms with van der Waals surface area (Å²) in [5.41, 5.74) is -13.5. The fourth-order valence-electron chi connectivity index (χ4n) is 1.56. The number of hydrogen-bond donors (Lipinski definition) is 1. The van der Waals surface area contributed by atoms with E-state index in [1.54, 1.807) is 0 Å². The molecule has 0 saturated carbocycles. The van der Waals surface area contributed by atoms with Gasteiger partial charge in [0.25, 0.3) is 0 Å². The number of halogens is 12. The highest BCUT2D eigenvalue weighted by Gasteiger charge is 2.90. The van der Waals surface area contributed by atoms with E-state index >= 15 is 0 Å². The molecule has 132 valence electrons. The second kappa shape index (κ2) is 5.20. The fraction of sp³-hybridized carbons (Fsp3) is 0.778. The normalized spacial score (nSPS) is 18.0. The van der Waals surface area contributed by atoms with Gasteiger partial charge in [-0.05, 0) is 0 Å². The Morgan fingerprint density at radius 2 is 1.00 bits per heavy atom. The molecule has 1 N–H and O–H groups in total. The van der Waals surface area contributed by atoms with Gasteiger partial charge in [-0.1, -0.05) is 6.08 Å². The van der Waals surface area contributed by atoms with E-state index in [1.807, 2.05) is 0 Å². The van der Waals surface area contributed by atoms with E-state index in [9.17, 15) is 52.7 Å². The van der Waals surface area contributed by atoms with Crippen LogP contribution in [-0.4, -0.2) is 40.8 Å². The molecule has 22 heavy (non-hydrogen) atoms. The van der Waals surface area contributed by atoms with Gasteiger partial charge in [0.15, 0.2) is 5.60 Å². The topological polar surface area (TPSA) is 20.2 Å². The summed E-state index contributed by atoms with van der Waals surface area (Å²) in [6.45, 7) is 2.36. The molecule has 0 aromatic rings. The first kappa shape index (κ1) is 20.9. The Morgan fingerprint density at radius 1 is 0.682 bits per heavy atom. The maximum absolute atomic E-state index is 13.5. The Labute approximate surface area is 114 Å². The maximum Gasteiger partial charge on any atom is 0.456 e. The average Bonchev–Trinajstić information content (AvgIpc) is 2.22. The second-order valence-corrected chi connectivity index (χ2v) is 4.08. The average molecular weight is 358 g/mol. The Balaban J connectivity index is 6.75. The van der Waals surface area contributed by atoms with Crippen LogP contribution in [0.15, 0.2) is 12.7 Å². The molecule has 1 nitrogen and oxygen atoms in total. The SMILES string of the molecule is C=CC[C@](O)(C(F)(F)C(F)(F)F)C(F)(C(F)(F)F)C(F)(F)F. The summed E-state index contributed by atoms with van der Waals surface area (Å²) in [6.07, 6.45) is -24.8. The zero-order chi connectivity index (χ0) is 18.4. The first-order valence-corrected chi connectivity index (χ1v) is 4.91. The van der Waals surface area contributed by atoms with Crippen LogP contribution < -0.4 is 0 Å². The molecule has 0 aliphatic carbocycles. The lowest BCUT2D eigenvalue weighted by Gasteiger charge is -2.46. The standard InChI is InChI=1S/C9H6F12O/c1-2-3-4(22,6(11,12)9(19,20)21)5(10,7(13,14)15)8(16,17)18/h2,22H,1,3H2/t4-/m1/s1. The molecule has 0 saturated heterocycles. The van der Waals surface area contributed by atoms with E-state index in [-0.39, 0.29) is 6.08 Å². The number of alkyl halides is 12. The fourth-order valence-corrected chi connectivity index (χ4v) is 1.56.